The van der Waals surface area contributed by atoms with Gasteiger partial charge in [-0.1, -0.05) is 36.4 Å². The maximum Gasteiger partial charge on any atom is 0.312 e. The number of benzene rings is 2. The second-order valence-corrected chi connectivity index (χ2v) is 8.44. The molecule has 2 aromatic heterocycles. The Morgan fingerprint density at radius 3 is 2.60 bits per heavy atom. The molecule has 176 valence electrons. The highest BCUT2D eigenvalue weighted by Crippen LogP contribution is 2.31. The molecule has 1 amide bonds. The topological polar surface area (TPSA) is 113 Å². The molecule has 5 rings (SSSR count). The van der Waals surface area contributed by atoms with E-state index in [1.807, 2.05) is 48.5 Å². The minimum atomic E-state index is -0.541. The predicted molar refractivity (Wildman–Crippen MR) is 136 cm³/mol. The van der Waals surface area contributed by atoms with E-state index in [1.165, 1.54) is 12.3 Å². The first-order chi connectivity index (χ1) is 17.0. The molecule has 9 heteroatoms. The van der Waals surface area contributed by atoms with Gasteiger partial charge in [0, 0.05) is 55.1 Å². The Bertz CT molecular complexity index is 1420. The van der Waals surface area contributed by atoms with Crippen molar-refractivity contribution in [2.24, 2.45) is 0 Å². The number of rotatable bonds is 5. The Kier molecular flexibility index (Phi) is 6.07. The van der Waals surface area contributed by atoms with Crippen molar-refractivity contribution in [3.63, 3.8) is 0 Å². The van der Waals surface area contributed by atoms with Crippen LogP contribution in [-0.2, 0) is 0 Å². The van der Waals surface area contributed by atoms with Gasteiger partial charge in [0.25, 0.3) is 5.91 Å². The highest BCUT2D eigenvalue weighted by molar-refractivity contribution is 6.06. The fourth-order valence-corrected chi connectivity index (χ4v) is 4.25. The molecule has 35 heavy (non-hydrogen) atoms. The average Bonchev–Trinajstić information content (AvgIpc) is 2.89. The number of nitro groups is 1. The largest absolute Gasteiger partial charge is 0.369 e. The van der Waals surface area contributed by atoms with Gasteiger partial charge in [-0.15, -0.1) is 0 Å². The molecule has 3 heterocycles. The van der Waals surface area contributed by atoms with Gasteiger partial charge in [0.2, 0.25) is 5.82 Å². The van der Waals surface area contributed by atoms with Gasteiger partial charge in [-0.3, -0.25) is 19.9 Å². The van der Waals surface area contributed by atoms with E-state index in [9.17, 15) is 14.9 Å². The highest BCUT2D eigenvalue weighted by atomic mass is 16.6. The molecule has 2 aromatic carbocycles. The van der Waals surface area contributed by atoms with Crippen molar-refractivity contribution in [2.45, 2.75) is 6.92 Å². The van der Waals surface area contributed by atoms with Gasteiger partial charge in [0.15, 0.2) is 0 Å². The van der Waals surface area contributed by atoms with Crippen LogP contribution in [0.5, 0.6) is 0 Å². The van der Waals surface area contributed by atoms with E-state index in [1.54, 1.807) is 13.0 Å². The van der Waals surface area contributed by atoms with Crippen molar-refractivity contribution in [2.75, 3.05) is 36.4 Å². The number of carbonyl (C=O) groups excluding carboxylic acids is 1. The molecule has 0 bridgehead atoms. The van der Waals surface area contributed by atoms with Crippen LogP contribution in [0.15, 0.2) is 66.9 Å². The zero-order chi connectivity index (χ0) is 24.4. The van der Waals surface area contributed by atoms with E-state index < -0.39 is 10.8 Å². The van der Waals surface area contributed by atoms with E-state index in [4.69, 9.17) is 0 Å². The van der Waals surface area contributed by atoms with E-state index in [0.717, 1.165) is 48.3 Å². The molecule has 0 unspecified atom stereocenters. The van der Waals surface area contributed by atoms with Crippen LogP contribution in [0.1, 0.15) is 15.9 Å². The molecule has 4 aromatic rings. The summed E-state index contributed by atoms with van der Waals surface area (Å²) in [6.07, 6.45) is 1.48. The Morgan fingerprint density at radius 2 is 1.86 bits per heavy atom. The van der Waals surface area contributed by atoms with Crippen molar-refractivity contribution in [1.82, 2.24) is 15.3 Å². The van der Waals surface area contributed by atoms with Gasteiger partial charge in [-0.25, -0.2) is 4.98 Å². The van der Waals surface area contributed by atoms with Crippen molar-refractivity contribution < 1.29 is 9.72 Å². The predicted octanol–water partition coefficient (Wildman–Crippen LogP) is 4.18. The number of nitrogens with one attached hydrogen (secondary N) is 2. The summed E-state index contributed by atoms with van der Waals surface area (Å²) < 4.78 is 0. The lowest BCUT2D eigenvalue weighted by Gasteiger charge is -2.29. The van der Waals surface area contributed by atoms with Crippen LogP contribution in [0.2, 0.25) is 0 Å². The minimum Gasteiger partial charge on any atom is -0.369 e. The second kappa shape index (κ2) is 9.47. The number of anilines is 2. The summed E-state index contributed by atoms with van der Waals surface area (Å²) in [5.41, 5.74) is 3.94. The fourth-order valence-electron chi connectivity index (χ4n) is 4.25. The molecule has 1 saturated heterocycles. The third kappa shape index (κ3) is 4.67. The first-order valence-corrected chi connectivity index (χ1v) is 11.4. The molecular weight excluding hydrogens is 444 g/mol. The maximum atomic E-state index is 13.1. The summed E-state index contributed by atoms with van der Waals surface area (Å²) in [6, 6.07) is 18.5. The third-order valence-corrected chi connectivity index (χ3v) is 6.08. The number of aryl methyl sites for hydroxylation is 1. The molecule has 0 radical (unpaired) electrons. The first kappa shape index (κ1) is 22.4. The number of nitrogens with zero attached hydrogens (tertiary/aromatic N) is 4. The van der Waals surface area contributed by atoms with E-state index >= 15 is 0 Å². The summed E-state index contributed by atoms with van der Waals surface area (Å²) in [4.78, 5) is 35.4. The van der Waals surface area contributed by atoms with Gasteiger partial charge >= 0.3 is 5.69 Å². The maximum absolute atomic E-state index is 13.1. The lowest BCUT2D eigenvalue weighted by atomic mass is 10.1. The smallest absolute Gasteiger partial charge is 0.312 e. The quantitative estimate of drug-likeness (QED) is 0.334. The average molecular weight is 469 g/mol. The standard InChI is InChI=1S/C26H24N6O3/c1-17-13-23(32(34)35)25(29-24(17)18-5-3-2-4-6-18)30-26(33)20-14-19-7-8-21(15-22(19)28-16-20)31-11-9-27-10-12-31/h2-8,13-16,27H,9-12H2,1H3,(H,29,30,33). The molecule has 0 spiro atoms. The van der Waals surface area contributed by atoms with E-state index in [-0.39, 0.29) is 11.5 Å². The van der Waals surface area contributed by atoms with Crippen LogP contribution in [0.4, 0.5) is 17.2 Å². The number of fused-ring (bicyclic) bond motifs is 1. The fraction of sp³-hybridized carbons (Fsp3) is 0.192. The summed E-state index contributed by atoms with van der Waals surface area (Å²) >= 11 is 0. The Morgan fingerprint density at radius 1 is 1.09 bits per heavy atom. The molecular formula is C26H24N6O3. The van der Waals surface area contributed by atoms with Crippen LogP contribution in [0.3, 0.4) is 0 Å². The Balaban J connectivity index is 1.44. The SMILES string of the molecule is Cc1cc([N+](=O)[O-])c(NC(=O)c2cnc3cc(N4CCNCC4)ccc3c2)nc1-c1ccccc1. The number of pyridine rings is 2. The number of amides is 1. The molecule has 0 atom stereocenters. The number of aromatic nitrogens is 2. The van der Waals surface area contributed by atoms with Gasteiger partial charge in [0.1, 0.15) is 0 Å². The highest BCUT2D eigenvalue weighted by Gasteiger charge is 2.22. The number of hydrogen-bond donors (Lipinski definition) is 2. The molecule has 0 aliphatic carbocycles. The molecule has 0 saturated carbocycles. The Labute approximate surface area is 202 Å². The van der Waals surface area contributed by atoms with Crippen LogP contribution in [0.25, 0.3) is 22.2 Å². The molecule has 9 nitrogen and oxygen atoms in total. The van der Waals surface area contributed by atoms with Gasteiger partial charge in [-0.05, 0) is 30.7 Å². The van der Waals surface area contributed by atoms with Gasteiger partial charge < -0.3 is 15.5 Å². The zero-order valence-corrected chi connectivity index (χ0v) is 19.2. The summed E-state index contributed by atoms with van der Waals surface area (Å²) in [6.45, 7) is 5.50. The normalized spacial score (nSPS) is 13.6. The lowest BCUT2D eigenvalue weighted by molar-refractivity contribution is -0.384. The Hall–Kier alpha value is -4.37. The zero-order valence-electron chi connectivity index (χ0n) is 19.2. The second-order valence-electron chi connectivity index (χ2n) is 8.44. The van der Waals surface area contributed by atoms with Crippen molar-refractivity contribution in [3.05, 3.63) is 88.1 Å². The van der Waals surface area contributed by atoms with Crippen LogP contribution < -0.4 is 15.5 Å². The summed E-state index contributed by atoms with van der Waals surface area (Å²) in [5.74, 6) is -0.609. The molecule has 1 aliphatic heterocycles. The monoisotopic (exact) mass is 468 g/mol. The minimum absolute atomic E-state index is 0.0985. The molecule has 1 aliphatic rings. The number of carbonyl (C=O) groups is 1. The molecule has 2 N–H and O–H groups in total. The summed E-state index contributed by atoms with van der Waals surface area (Å²) in [5, 5.41) is 18.4. The number of hydrogen-bond acceptors (Lipinski definition) is 7. The van der Waals surface area contributed by atoms with Crippen molar-refractivity contribution >= 4 is 34.0 Å². The van der Waals surface area contributed by atoms with E-state index in [0.29, 0.717) is 16.8 Å². The van der Waals surface area contributed by atoms with E-state index in [2.05, 4.69) is 25.5 Å². The van der Waals surface area contributed by atoms with Crippen molar-refractivity contribution in [3.8, 4) is 11.3 Å². The summed E-state index contributed by atoms with van der Waals surface area (Å²) in [7, 11) is 0. The third-order valence-electron chi connectivity index (χ3n) is 6.08. The van der Waals surface area contributed by atoms with Crippen LogP contribution in [-0.4, -0.2) is 47.0 Å². The lowest BCUT2D eigenvalue weighted by Crippen LogP contribution is -2.43. The van der Waals surface area contributed by atoms with Crippen molar-refractivity contribution in [1.29, 1.82) is 0 Å². The van der Waals surface area contributed by atoms with Gasteiger partial charge in [-0.2, -0.15) is 0 Å². The van der Waals surface area contributed by atoms with Gasteiger partial charge in [0.05, 0.1) is 21.7 Å². The van der Waals surface area contributed by atoms with Crippen LogP contribution in [0, 0.1) is 17.0 Å². The first-order valence-electron chi connectivity index (χ1n) is 11.4. The molecule has 1 fully saturated rings. The van der Waals surface area contributed by atoms with Crippen LogP contribution >= 0.6 is 0 Å². The number of piperazine rings is 1.